The summed E-state index contributed by atoms with van der Waals surface area (Å²) in [6.45, 7) is 9.76. The Labute approximate surface area is 253 Å². The van der Waals surface area contributed by atoms with E-state index in [0.717, 1.165) is 63.3 Å². The van der Waals surface area contributed by atoms with Crippen molar-refractivity contribution in [1.29, 1.82) is 0 Å². The van der Waals surface area contributed by atoms with E-state index in [-0.39, 0.29) is 24.2 Å². The number of nitrogen functional groups attached to an aromatic ring is 1. The standard InChI is InChI=1S/C31H45N7O5/c1-5-7-17-42-31(40)43-21-24(8-6-2)33-28-27-25(34-30(32)35-28)11-12-38(29(27)39)20-23-10-9-22(18-26(23)41-4)19-37-15-13-36(3)14-16-37/h9-12,18,24H,5-8,13-17,19-21H2,1-4H3,(H3,32,33,34,35)/t24-/m0/s1. The lowest BCUT2D eigenvalue weighted by Crippen LogP contribution is -2.43. The predicted octanol–water partition coefficient (Wildman–Crippen LogP) is 3.71. The molecule has 3 N–H and O–H groups in total. The van der Waals surface area contributed by atoms with E-state index in [1.54, 1.807) is 23.9 Å². The molecule has 1 atom stereocenters. The molecule has 0 radical (unpaired) electrons. The number of ether oxygens (including phenoxy) is 3. The SMILES string of the molecule is CCCCOC(=O)OC[C@H](CCC)Nc1nc(N)nc2ccn(Cc3ccc(CN4CCN(C)CC4)cc3OC)c(=O)c12. The van der Waals surface area contributed by atoms with Crippen molar-refractivity contribution in [3.63, 3.8) is 0 Å². The second-order valence-electron chi connectivity index (χ2n) is 11.1. The number of methoxy groups -OCH3 is 1. The summed E-state index contributed by atoms with van der Waals surface area (Å²) in [6.07, 6.45) is 4.18. The molecule has 1 fully saturated rings. The Kier molecular flexibility index (Phi) is 11.6. The van der Waals surface area contributed by atoms with Crippen molar-refractivity contribution in [2.24, 2.45) is 0 Å². The van der Waals surface area contributed by atoms with Crippen LogP contribution in [0.5, 0.6) is 5.75 Å². The van der Waals surface area contributed by atoms with Gasteiger partial charge in [0.25, 0.3) is 5.56 Å². The van der Waals surface area contributed by atoms with Crippen molar-refractivity contribution < 1.29 is 19.0 Å². The number of anilines is 2. The summed E-state index contributed by atoms with van der Waals surface area (Å²) in [7, 11) is 3.80. The van der Waals surface area contributed by atoms with Gasteiger partial charge < -0.3 is 34.7 Å². The number of fused-ring (bicyclic) bond motifs is 1. The Balaban J connectivity index is 1.54. The number of pyridine rings is 1. The van der Waals surface area contributed by atoms with Crippen molar-refractivity contribution in [3.05, 3.63) is 51.9 Å². The highest BCUT2D eigenvalue weighted by molar-refractivity contribution is 5.89. The van der Waals surface area contributed by atoms with Gasteiger partial charge in [-0.15, -0.1) is 0 Å². The van der Waals surface area contributed by atoms with Crippen molar-refractivity contribution in [2.75, 3.05) is 64.6 Å². The summed E-state index contributed by atoms with van der Waals surface area (Å²) in [5.41, 5.74) is 8.23. The molecule has 0 unspecified atom stereocenters. The minimum Gasteiger partial charge on any atom is -0.496 e. The first kappa shape index (κ1) is 32.0. The maximum absolute atomic E-state index is 13.8. The summed E-state index contributed by atoms with van der Waals surface area (Å²) >= 11 is 0. The highest BCUT2D eigenvalue weighted by Gasteiger charge is 2.19. The van der Waals surface area contributed by atoms with Gasteiger partial charge in [0.2, 0.25) is 5.95 Å². The van der Waals surface area contributed by atoms with Gasteiger partial charge >= 0.3 is 6.16 Å². The topological polar surface area (TPSA) is 137 Å². The molecule has 1 aromatic carbocycles. The van der Waals surface area contributed by atoms with Crippen LogP contribution in [0, 0.1) is 0 Å². The van der Waals surface area contributed by atoms with Crippen molar-refractivity contribution in [2.45, 2.75) is 58.7 Å². The van der Waals surface area contributed by atoms with E-state index < -0.39 is 6.16 Å². The number of rotatable bonds is 14. The lowest BCUT2D eigenvalue weighted by Gasteiger charge is -2.32. The zero-order valence-electron chi connectivity index (χ0n) is 25.8. The Bertz CT molecular complexity index is 1420. The van der Waals surface area contributed by atoms with Gasteiger partial charge in [-0.1, -0.05) is 38.8 Å². The van der Waals surface area contributed by atoms with Gasteiger partial charge in [-0.3, -0.25) is 9.69 Å². The molecular weight excluding hydrogens is 550 g/mol. The summed E-state index contributed by atoms with van der Waals surface area (Å²) < 4.78 is 17.8. The predicted molar refractivity (Wildman–Crippen MR) is 168 cm³/mol. The first-order chi connectivity index (χ1) is 20.8. The Morgan fingerprint density at radius 1 is 1.07 bits per heavy atom. The second-order valence-corrected chi connectivity index (χ2v) is 11.1. The smallest absolute Gasteiger partial charge is 0.496 e. The number of aromatic nitrogens is 3. The van der Waals surface area contributed by atoms with Crippen molar-refractivity contribution in [1.82, 2.24) is 24.3 Å². The molecule has 3 heterocycles. The molecule has 4 rings (SSSR count). The maximum atomic E-state index is 13.8. The first-order valence-electron chi connectivity index (χ1n) is 15.1. The fourth-order valence-electron chi connectivity index (χ4n) is 5.14. The van der Waals surface area contributed by atoms with Crippen LogP contribution in [0.3, 0.4) is 0 Å². The average molecular weight is 596 g/mol. The second kappa shape index (κ2) is 15.5. The number of unbranched alkanes of at least 4 members (excludes halogenated alkanes) is 1. The zero-order chi connectivity index (χ0) is 30.8. The Morgan fingerprint density at radius 2 is 1.86 bits per heavy atom. The van der Waals surface area contributed by atoms with Gasteiger partial charge in [0.1, 0.15) is 23.6 Å². The van der Waals surface area contributed by atoms with Crippen molar-refractivity contribution in [3.8, 4) is 5.75 Å². The van der Waals surface area contributed by atoms with Crippen LogP contribution in [0.25, 0.3) is 10.9 Å². The molecule has 0 spiro atoms. The van der Waals surface area contributed by atoms with Crippen LogP contribution >= 0.6 is 0 Å². The first-order valence-corrected chi connectivity index (χ1v) is 15.1. The van der Waals surface area contributed by atoms with E-state index in [2.05, 4.69) is 44.3 Å². The Morgan fingerprint density at radius 3 is 2.58 bits per heavy atom. The molecule has 234 valence electrons. The van der Waals surface area contributed by atoms with Crippen LogP contribution in [-0.2, 0) is 22.6 Å². The average Bonchev–Trinajstić information content (AvgIpc) is 2.99. The lowest BCUT2D eigenvalue weighted by atomic mass is 10.1. The van der Waals surface area contributed by atoms with E-state index in [1.807, 2.05) is 19.9 Å². The third kappa shape index (κ3) is 8.80. The molecule has 1 aliphatic rings. The summed E-state index contributed by atoms with van der Waals surface area (Å²) in [6, 6.07) is 7.63. The normalized spacial score (nSPS) is 14.9. The molecule has 3 aromatic rings. The highest BCUT2D eigenvalue weighted by Crippen LogP contribution is 2.24. The number of piperazine rings is 1. The lowest BCUT2D eigenvalue weighted by molar-refractivity contribution is 0.0512. The molecular formula is C31H45N7O5. The van der Waals surface area contributed by atoms with Crippen LogP contribution in [0.15, 0.2) is 35.3 Å². The molecule has 43 heavy (non-hydrogen) atoms. The van der Waals surface area contributed by atoms with Gasteiger partial charge in [0.05, 0.1) is 31.8 Å². The molecule has 12 heteroatoms. The minimum atomic E-state index is -0.714. The highest BCUT2D eigenvalue weighted by atomic mass is 16.7. The van der Waals surface area contributed by atoms with Gasteiger partial charge in [-0.05, 0) is 37.6 Å². The molecule has 2 aromatic heterocycles. The van der Waals surface area contributed by atoms with Crippen LogP contribution in [0.4, 0.5) is 16.6 Å². The van der Waals surface area contributed by atoms with E-state index >= 15 is 0 Å². The summed E-state index contributed by atoms with van der Waals surface area (Å²) in [4.78, 5) is 39.3. The van der Waals surface area contributed by atoms with E-state index in [1.165, 1.54) is 5.56 Å². The number of carbonyl (C=O) groups excluding carboxylic acids is 1. The van der Waals surface area contributed by atoms with E-state index in [0.29, 0.717) is 36.3 Å². The zero-order valence-corrected chi connectivity index (χ0v) is 25.8. The van der Waals surface area contributed by atoms with Gasteiger partial charge in [-0.25, -0.2) is 9.78 Å². The third-order valence-electron chi connectivity index (χ3n) is 7.63. The molecule has 12 nitrogen and oxygen atoms in total. The number of nitrogens with zero attached hydrogens (tertiary/aromatic N) is 5. The van der Waals surface area contributed by atoms with Crippen LogP contribution in [-0.4, -0.2) is 90.1 Å². The molecule has 0 bridgehead atoms. The van der Waals surface area contributed by atoms with Gasteiger partial charge in [0, 0.05) is 44.5 Å². The molecule has 0 aliphatic carbocycles. The number of benzene rings is 1. The largest absolute Gasteiger partial charge is 0.508 e. The number of hydrogen-bond donors (Lipinski definition) is 2. The summed E-state index contributed by atoms with van der Waals surface area (Å²) in [5.74, 6) is 1.08. The monoisotopic (exact) mass is 595 g/mol. The number of nitrogens with two attached hydrogens (primary N) is 1. The van der Waals surface area contributed by atoms with E-state index in [4.69, 9.17) is 19.9 Å². The number of carbonyl (C=O) groups is 1. The molecule has 1 aliphatic heterocycles. The fraction of sp³-hybridized carbons (Fsp3) is 0.548. The quantitative estimate of drug-likeness (QED) is 0.208. The number of nitrogens with one attached hydrogen (secondary N) is 1. The number of likely N-dealkylation sites (N-methyl/N-ethyl adjacent to an activating group) is 1. The molecule has 0 saturated carbocycles. The van der Waals surface area contributed by atoms with Gasteiger partial charge in [0.15, 0.2) is 0 Å². The fourth-order valence-corrected chi connectivity index (χ4v) is 5.14. The third-order valence-corrected chi connectivity index (χ3v) is 7.63. The molecule has 0 amide bonds. The van der Waals surface area contributed by atoms with Crippen LogP contribution < -0.4 is 21.3 Å². The van der Waals surface area contributed by atoms with Gasteiger partial charge in [-0.2, -0.15) is 4.98 Å². The minimum absolute atomic E-state index is 0.0416. The van der Waals surface area contributed by atoms with Crippen LogP contribution in [0.1, 0.15) is 50.7 Å². The maximum Gasteiger partial charge on any atom is 0.508 e. The Hall–Kier alpha value is -3.90. The van der Waals surface area contributed by atoms with E-state index in [9.17, 15) is 9.59 Å². The molecule has 1 saturated heterocycles. The van der Waals surface area contributed by atoms with Crippen LogP contribution in [0.2, 0.25) is 0 Å². The number of hydrogen-bond acceptors (Lipinski definition) is 11. The van der Waals surface area contributed by atoms with Crippen molar-refractivity contribution >= 4 is 28.8 Å². The summed E-state index contributed by atoms with van der Waals surface area (Å²) in [5, 5.41) is 3.59.